The molecule has 0 aliphatic carbocycles. The van der Waals surface area contributed by atoms with Gasteiger partial charge in [-0.3, -0.25) is 0 Å². The first kappa shape index (κ1) is 16.7. The number of hydrogen-bond acceptors (Lipinski definition) is 5. The molecule has 0 amide bonds. The van der Waals surface area contributed by atoms with E-state index in [0.717, 1.165) is 43.1 Å². The predicted octanol–water partition coefficient (Wildman–Crippen LogP) is 3.94. The summed E-state index contributed by atoms with van der Waals surface area (Å²) in [6.45, 7) is 7.95. The summed E-state index contributed by atoms with van der Waals surface area (Å²) < 4.78 is 5.68. The SMILES string of the molecule is CC(C)(C)Nc1nc(NCC2CCCO2)cc(-c2ccccc2)n1. The van der Waals surface area contributed by atoms with E-state index in [1.165, 1.54) is 0 Å². The van der Waals surface area contributed by atoms with Gasteiger partial charge in [-0.1, -0.05) is 30.3 Å². The summed E-state index contributed by atoms with van der Waals surface area (Å²) in [6.07, 6.45) is 2.53. The second-order valence-electron chi connectivity index (χ2n) is 7.22. The Morgan fingerprint density at radius 1 is 1.17 bits per heavy atom. The molecule has 1 fully saturated rings. The molecule has 128 valence electrons. The fourth-order valence-electron chi connectivity index (χ4n) is 2.71. The van der Waals surface area contributed by atoms with Crippen LogP contribution in [0.5, 0.6) is 0 Å². The number of anilines is 2. The standard InChI is InChI=1S/C19H26N4O/c1-19(2,3)23-18-21-16(14-8-5-4-6-9-14)12-17(22-18)20-13-15-10-7-11-24-15/h4-6,8-9,12,15H,7,10-11,13H2,1-3H3,(H2,20,21,22,23). The van der Waals surface area contributed by atoms with Crippen molar-refractivity contribution in [2.45, 2.75) is 45.3 Å². The van der Waals surface area contributed by atoms with Gasteiger partial charge in [-0.05, 0) is 33.6 Å². The van der Waals surface area contributed by atoms with Crippen molar-refractivity contribution in [2.24, 2.45) is 0 Å². The molecule has 1 aromatic carbocycles. The number of aromatic nitrogens is 2. The van der Waals surface area contributed by atoms with Crippen LogP contribution in [-0.2, 0) is 4.74 Å². The van der Waals surface area contributed by atoms with Crippen molar-refractivity contribution in [1.29, 1.82) is 0 Å². The quantitative estimate of drug-likeness (QED) is 0.871. The second kappa shape index (κ2) is 7.18. The number of hydrogen-bond donors (Lipinski definition) is 2. The van der Waals surface area contributed by atoms with Crippen LogP contribution >= 0.6 is 0 Å². The van der Waals surface area contributed by atoms with Crippen molar-refractivity contribution in [3.05, 3.63) is 36.4 Å². The Morgan fingerprint density at radius 2 is 1.96 bits per heavy atom. The lowest BCUT2D eigenvalue weighted by atomic mass is 10.1. The summed E-state index contributed by atoms with van der Waals surface area (Å²) in [5, 5.41) is 6.77. The van der Waals surface area contributed by atoms with E-state index < -0.39 is 0 Å². The molecule has 1 aliphatic heterocycles. The van der Waals surface area contributed by atoms with Gasteiger partial charge in [0.25, 0.3) is 0 Å². The fourth-order valence-corrected chi connectivity index (χ4v) is 2.71. The minimum Gasteiger partial charge on any atom is -0.376 e. The third-order valence-corrected chi connectivity index (χ3v) is 3.82. The van der Waals surface area contributed by atoms with E-state index >= 15 is 0 Å². The molecule has 0 spiro atoms. The molecule has 0 radical (unpaired) electrons. The van der Waals surface area contributed by atoms with Gasteiger partial charge < -0.3 is 15.4 Å². The Kier molecular flexibility index (Phi) is 5.00. The third kappa shape index (κ3) is 4.68. The zero-order chi connectivity index (χ0) is 17.0. The lowest BCUT2D eigenvalue weighted by molar-refractivity contribution is 0.120. The summed E-state index contributed by atoms with van der Waals surface area (Å²) >= 11 is 0. The molecule has 2 heterocycles. The minimum absolute atomic E-state index is 0.0961. The average Bonchev–Trinajstić information content (AvgIpc) is 3.05. The van der Waals surface area contributed by atoms with Crippen molar-refractivity contribution < 1.29 is 4.74 Å². The van der Waals surface area contributed by atoms with Crippen molar-refractivity contribution in [1.82, 2.24) is 9.97 Å². The second-order valence-corrected chi connectivity index (χ2v) is 7.22. The maximum atomic E-state index is 5.68. The van der Waals surface area contributed by atoms with Crippen LogP contribution in [0.25, 0.3) is 11.3 Å². The Morgan fingerprint density at radius 3 is 2.62 bits per heavy atom. The van der Waals surface area contributed by atoms with E-state index in [2.05, 4.69) is 53.5 Å². The zero-order valence-electron chi connectivity index (χ0n) is 14.7. The molecule has 0 bridgehead atoms. The Bertz CT molecular complexity index is 661. The molecule has 5 heteroatoms. The molecule has 1 atom stereocenters. The van der Waals surface area contributed by atoms with E-state index in [4.69, 9.17) is 4.74 Å². The lowest BCUT2D eigenvalue weighted by Crippen LogP contribution is -2.28. The predicted molar refractivity (Wildman–Crippen MR) is 98.3 cm³/mol. The van der Waals surface area contributed by atoms with Crippen LogP contribution in [-0.4, -0.2) is 34.8 Å². The highest BCUT2D eigenvalue weighted by Gasteiger charge is 2.17. The summed E-state index contributed by atoms with van der Waals surface area (Å²) in [4.78, 5) is 9.29. The van der Waals surface area contributed by atoms with Crippen LogP contribution in [0.3, 0.4) is 0 Å². The highest BCUT2D eigenvalue weighted by atomic mass is 16.5. The number of rotatable bonds is 5. The first-order valence-corrected chi connectivity index (χ1v) is 8.58. The van der Waals surface area contributed by atoms with E-state index in [1.807, 2.05) is 24.3 Å². The first-order chi connectivity index (χ1) is 11.5. The van der Waals surface area contributed by atoms with Crippen molar-refractivity contribution >= 4 is 11.8 Å². The van der Waals surface area contributed by atoms with Gasteiger partial charge in [-0.2, -0.15) is 4.98 Å². The Balaban J connectivity index is 1.84. The number of ether oxygens (including phenoxy) is 1. The minimum atomic E-state index is -0.0961. The fraction of sp³-hybridized carbons (Fsp3) is 0.474. The highest BCUT2D eigenvalue weighted by Crippen LogP contribution is 2.23. The van der Waals surface area contributed by atoms with Gasteiger partial charge >= 0.3 is 0 Å². The zero-order valence-corrected chi connectivity index (χ0v) is 14.7. The molecule has 3 rings (SSSR count). The molecule has 2 aromatic rings. The monoisotopic (exact) mass is 326 g/mol. The van der Waals surface area contributed by atoms with Gasteiger partial charge in [0.05, 0.1) is 11.8 Å². The van der Waals surface area contributed by atoms with E-state index in [9.17, 15) is 0 Å². The molecule has 5 nitrogen and oxygen atoms in total. The molecule has 2 N–H and O–H groups in total. The van der Waals surface area contributed by atoms with Crippen LogP contribution in [0.4, 0.5) is 11.8 Å². The molecular formula is C19H26N4O. The van der Waals surface area contributed by atoms with E-state index in [1.54, 1.807) is 0 Å². The number of nitrogens with one attached hydrogen (secondary N) is 2. The van der Waals surface area contributed by atoms with Crippen LogP contribution in [0.2, 0.25) is 0 Å². The molecule has 1 aliphatic rings. The summed E-state index contributed by atoms with van der Waals surface area (Å²) in [6, 6.07) is 12.2. The maximum absolute atomic E-state index is 5.68. The molecule has 0 saturated carbocycles. The van der Waals surface area contributed by atoms with Gasteiger partial charge in [0.15, 0.2) is 0 Å². The summed E-state index contributed by atoms with van der Waals surface area (Å²) in [7, 11) is 0. The smallest absolute Gasteiger partial charge is 0.225 e. The normalized spacial score (nSPS) is 17.7. The number of nitrogens with zero attached hydrogens (tertiary/aromatic N) is 2. The lowest BCUT2D eigenvalue weighted by Gasteiger charge is -2.21. The molecule has 1 unspecified atom stereocenters. The molecule has 1 saturated heterocycles. The van der Waals surface area contributed by atoms with Gasteiger partial charge in [-0.25, -0.2) is 4.98 Å². The average molecular weight is 326 g/mol. The molecule has 24 heavy (non-hydrogen) atoms. The van der Waals surface area contributed by atoms with Crippen LogP contribution in [0.15, 0.2) is 36.4 Å². The topological polar surface area (TPSA) is 59.1 Å². The largest absolute Gasteiger partial charge is 0.376 e. The van der Waals surface area contributed by atoms with Crippen LogP contribution in [0, 0.1) is 0 Å². The Hall–Kier alpha value is -2.14. The molecular weight excluding hydrogens is 300 g/mol. The summed E-state index contributed by atoms with van der Waals surface area (Å²) in [5.74, 6) is 1.46. The Labute approximate surface area is 143 Å². The maximum Gasteiger partial charge on any atom is 0.225 e. The van der Waals surface area contributed by atoms with Crippen molar-refractivity contribution in [2.75, 3.05) is 23.8 Å². The van der Waals surface area contributed by atoms with Crippen molar-refractivity contribution in [3.63, 3.8) is 0 Å². The van der Waals surface area contributed by atoms with Crippen molar-refractivity contribution in [3.8, 4) is 11.3 Å². The van der Waals surface area contributed by atoms with Gasteiger partial charge in [-0.15, -0.1) is 0 Å². The van der Waals surface area contributed by atoms with E-state index in [0.29, 0.717) is 5.95 Å². The molecule has 1 aromatic heterocycles. The van der Waals surface area contributed by atoms with Crippen LogP contribution in [0.1, 0.15) is 33.6 Å². The van der Waals surface area contributed by atoms with Gasteiger partial charge in [0.2, 0.25) is 5.95 Å². The van der Waals surface area contributed by atoms with Crippen LogP contribution < -0.4 is 10.6 Å². The highest BCUT2D eigenvalue weighted by molar-refractivity contribution is 5.64. The number of benzene rings is 1. The third-order valence-electron chi connectivity index (χ3n) is 3.82. The van der Waals surface area contributed by atoms with Gasteiger partial charge in [0, 0.05) is 30.3 Å². The van der Waals surface area contributed by atoms with Gasteiger partial charge in [0.1, 0.15) is 5.82 Å². The first-order valence-electron chi connectivity index (χ1n) is 8.58. The summed E-state index contributed by atoms with van der Waals surface area (Å²) in [5.41, 5.74) is 1.89. The van der Waals surface area contributed by atoms with E-state index in [-0.39, 0.29) is 11.6 Å².